The van der Waals surface area contributed by atoms with Crippen LogP contribution in [-0.4, -0.2) is 81.9 Å². The number of halogens is 3. The Labute approximate surface area is 400 Å². The first-order valence-corrected chi connectivity index (χ1v) is 25.3. The van der Waals surface area contributed by atoms with E-state index in [0.29, 0.717) is 47.3 Å². The molecule has 342 valence electrons. The molecule has 2 aliphatic heterocycles. The van der Waals surface area contributed by atoms with Crippen LogP contribution < -0.4 is 10.6 Å². The molecule has 0 spiro atoms. The quantitative estimate of drug-likeness (QED) is 0.0863. The Balaban J connectivity index is 0.774. The monoisotopic (exact) mass is 965 g/mol. The average molecular weight is 966 g/mol. The summed E-state index contributed by atoms with van der Waals surface area (Å²) >= 11 is 5.80. The Hall–Kier alpha value is -5.02. The summed E-state index contributed by atoms with van der Waals surface area (Å²) in [6.07, 6.45) is -0.535. The van der Waals surface area contributed by atoms with Crippen LogP contribution >= 0.6 is 46.2 Å². The minimum absolute atomic E-state index is 0.0300. The molecule has 66 heavy (non-hydrogen) atoms. The van der Waals surface area contributed by atoms with Crippen molar-refractivity contribution in [2.24, 2.45) is 11.8 Å². The Morgan fingerprint density at radius 1 is 0.742 bits per heavy atom. The summed E-state index contributed by atoms with van der Waals surface area (Å²) in [5.41, 5.74) is 5.60. The van der Waals surface area contributed by atoms with Crippen molar-refractivity contribution >= 4 is 58.0 Å². The van der Waals surface area contributed by atoms with E-state index in [-0.39, 0.29) is 33.8 Å². The fourth-order valence-electron chi connectivity index (χ4n) is 7.99. The molecule has 4 aromatic carbocycles. The van der Waals surface area contributed by atoms with Gasteiger partial charge in [-0.1, -0.05) is 81.4 Å². The van der Waals surface area contributed by atoms with E-state index in [2.05, 4.69) is 74.6 Å². The van der Waals surface area contributed by atoms with Gasteiger partial charge in [0, 0.05) is 96.7 Å². The third-order valence-corrected chi connectivity index (χ3v) is 16.1. The van der Waals surface area contributed by atoms with Crippen LogP contribution in [0.15, 0.2) is 107 Å². The normalized spacial score (nSPS) is 15.3. The Bertz CT molecular complexity index is 2700. The second-order valence-electron chi connectivity index (χ2n) is 17.1. The van der Waals surface area contributed by atoms with Crippen molar-refractivity contribution in [3.63, 3.8) is 0 Å². The van der Waals surface area contributed by atoms with E-state index >= 15 is 0 Å². The molecule has 1 unspecified atom stereocenters. The molecule has 0 saturated carbocycles. The molecule has 6 aromatic rings. The third-order valence-electron chi connectivity index (χ3n) is 11.6. The van der Waals surface area contributed by atoms with Gasteiger partial charge < -0.3 is 10.6 Å². The maximum absolute atomic E-state index is 14.4. The zero-order valence-corrected chi connectivity index (χ0v) is 40.3. The lowest BCUT2D eigenvalue weighted by atomic mass is 9.98. The van der Waals surface area contributed by atoms with Gasteiger partial charge in [0.2, 0.25) is 11.8 Å². The first-order chi connectivity index (χ1) is 31.7. The van der Waals surface area contributed by atoms with Crippen LogP contribution in [-0.2, 0) is 28.9 Å². The minimum atomic E-state index is -4.54. The predicted octanol–water partition coefficient (Wildman–Crippen LogP) is 11.0. The number of rotatable bonds is 17. The van der Waals surface area contributed by atoms with Crippen molar-refractivity contribution in [3.8, 4) is 48.1 Å². The zero-order valence-electron chi connectivity index (χ0n) is 37.0. The molecule has 2 saturated heterocycles. The lowest BCUT2D eigenvalue weighted by Gasteiger charge is -2.38. The van der Waals surface area contributed by atoms with Gasteiger partial charge in [-0.05, 0) is 52.9 Å². The summed E-state index contributed by atoms with van der Waals surface area (Å²) in [6.45, 7) is 10.7. The number of thioether (sulfide) groups is 2. The van der Waals surface area contributed by atoms with E-state index in [0.717, 1.165) is 73.8 Å². The van der Waals surface area contributed by atoms with Crippen molar-refractivity contribution in [1.29, 1.82) is 5.26 Å². The van der Waals surface area contributed by atoms with E-state index in [1.807, 2.05) is 55.6 Å². The number of carbonyl (C=O) groups is 2. The van der Waals surface area contributed by atoms with Gasteiger partial charge in [-0.3, -0.25) is 19.4 Å². The smallest absolute Gasteiger partial charge is 0.359 e. The van der Waals surface area contributed by atoms with Crippen molar-refractivity contribution in [1.82, 2.24) is 30.4 Å². The second kappa shape index (κ2) is 20.9. The van der Waals surface area contributed by atoms with Crippen LogP contribution in [0.3, 0.4) is 0 Å². The maximum atomic E-state index is 14.4. The molecule has 2 aromatic heterocycles. The van der Waals surface area contributed by atoms with Gasteiger partial charge in [0.25, 0.3) is 0 Å². The first-order valence-electron chi connectivity index (χ1n) is 21.9. The van der Waals surface area contributed by atoms with Crippen molar-refractivity contribution in [3.05, 3.63) is 120 Å². The number of hydrogen-bond donors (Lipinski definition) is 2. The molecule has 0 radical (unpaired) electrons. The number of thiazole rings is 2. The van der Waals surface area contributed by atoms with E-state index in [1.54, 1.807) is 48.5 Å². The van der Waals surface area contributed by atoms with Gasteiger partial charge in [-0.15, -0.1) is 46.2 Å². The molecule has 0 bridgehead atoms. The lowest BCUT2D eigenvalue weighted by molar-refractivity contribution is -0.139. The molecular formula is C50H50F3N7O2S4. The molecule has 4 heterocycles. The fourth-order valence-corrected chi connectivity index (χ4v) is 11.8. The minimum Gasteiger partial charge on any atom is -0.359 e. The van der Waals surface area contributed by atoms with E-state index in [4.69, 9.17) is 0 Å². The topological polar surface area (TPSA) is 114 Å². The summed E-state index contributed by atoms with van der Waals surface area (Å²) < 4.78 is 43.3. The molecule has 9 nitrogen and oxygen atoms in total. The standard InChI is InChI=1S/C50H50F3N7O2S4/c1-30(2)63-42-15-13-36(19-38(42)21-54)44-22-57-48(65-44)34-9-7-33(8-10-34)25-60-28-40(29-60)47(62)56-18-17-31(3)64-43-16-14-37(20-41(43)50(51,52)53)45-23-58-49(66-45)35-11-5-32(6-12-35)24-59-26-39(27-59)46(61)55-4/h5-16,19-20,22-23,30-31,39-40H,17-18,24-29H2,1-4H3,(H,55,61)(H,56,62). The van der Waals surface area contributed by atoms with Crippen LogP contribution in [0.25, 0.3) is 42.0 Å². The number of hydrogen-bond acceptors (Lipinski definition) is 11. The third kappa shape index (κ3) is 11.6. The zero-order chi connectivity index (χ0) is 46.5. The molecule has 2 aliphatic rings. The number of amides is 2. The van der Waals surface area contributed by atoms with Crippen LogP contribution in [0.1, 0.15) is 49.4 Å². The highest BCUT2D eigenvalue weighted by molar-refractivity contribution is 8.00. The second-order valence-corrected chi connectivity index (χ2v) is 22.2. The van der Waals surface area contributed by atoms with Crippen molar-refractivity contribution in [2.45, 2.75) is 66.7 Å². The molecular weight excluding hydrogens is 916 g/mol. The lowest BCUT2D eigenvalue weighted by Crippen LogP contribution is -2.53. The fraction of sp³-hybridized carbons (Fsp3) is 0.340. The Kier molecular flexibility index (Phi) is 15.0. The molecule has 0 aliphatic carbocycles. The number of benzene rings is 4. The number of carbonyl (C=O) groups excluding carboxylic acids is 2. The number of alkyl halides is 3. The molecule has 8 rings (SSSR count). The molecule has 2 amide bonds. The van der Waals surface area contributed by atoms with Gasteiger partial charge in [-0.2, -0.15) is 18.4 Å². The highest BCUT2D eigenvalue weighted by atomic mass is 32.2. The molecule has 2 N–H and O–H groups in total. The SMILES string of the molecule is CNC(=O)C1CN(Cc2ccc(-c3ncc(-c4ccc(SC(C)CCNC(=O)C5CN(Cc6ccc(-c7ncc(-c8ccc(SC(C)C)c(C#N)c8)s7)cc6)C5)c(C(F)(F)F)c4)s3)cc2)C1. The number of nitrogens with one attached hydrogen (secondary N) is 2. The van der Waals surface area contributed by atoms with Gasteiger partial charge in [0.1, 0.15) is 16.1 Å². The van der Waals surface area contributed by atoms with E-state index in [1.165, 1.54) is 29.2 Å². The van der Waals surface area contributed by atoms with Crippen LogP contribution in [0.5, 0.6) is 0 Å². The number of nitriles is 1. The van der Waals surface area contributed by atoms with E-state index < -0.39 is 11.7 Å². The Morgan fingerprint density at radius 2 is 1.24 bits per heavy atom. The van der Waals surface area contributed by atoms with Gasteiger partial charge in [0.15, 0.2) is 0 Å². The molecule has 16 heteroatoms. The number of nitrogens with zero attached hydrogens (tertiary/aromatic N) is 5. The first kappa shape index (κ1) is 47.5. The highest BCUT2D eigenvalue weighted by Gasteiger charge is 2.35. The van der Waals surface area contributed by atoms with Crippen LogP contribution in [0.4, 0.5) is 13.2 Å². The predicted molar refractivity (Wildman–Crippen MR) is 261 cm³/mol. The largest absolute Gasteiger partial charge is 0.417 e. The average Bonchev–Trinajstić information content (AvgIpc) is 3.98. The van der Waals surface area contributed by atoms with Crippen LogP contribution in [0.2, 0.25) is 0 Å². The molecule has 1 atom stereocenters. The summed E-state index contributed by atoms with van der Waals surface area (Å²) in [7, 11) is 1.65. The maximum Gasteiger partial charge on any atom is 0.417 e. The van der Waals surface area contributed by atoms with Crippen molar-refractivity contribution in [2.75, 3.05) is 39.8 Å². The molecule has 2 fully saturated rings. The van der Waals surface area contributed by atoms with Crippen molar-refractivity contribution < 1.29 is 22.8 Å². The number of aromatic nitrogens is 2. The van der Waals surface area contributed by atoms with Gasteiger partial charge >= 0.3 is 6.18 Å². The summed E-state index contributed by atoms with van der Waals surface area (Å²) in [5.74, 6) is -0.0583. The van der Waals surface area contributed by atoms with Crippen LogP contribution in [0, 0.1) is 23.2 Å². The van der Waals surface area contributed by atoms with Gasteiger partial charge in [0.05, 0.1) is 32.7 Å². The highest BCUT2D eigenvalue weighted by Crippen LogP contribution is 2.43. The summed E-state index contributed by atoms with van der Waals surface area (Å²) in [5, 5.41) is 17.3. The van der Waals surface area contributed by atoms with Gasteiger partial charge in [-0.25, -0.2) is 9.97 Å². The summed E-state index contributed by atoms with van der Waals surface area (Å²) in [6, 6.07) is 29.1. The number of likely N-dealkylation sites (tertiary alicyclic amines) is 2. The Morgan fingerprint density at radius 3 is 1.74 bits per heavy atom. The van der Waals surface area contributed by atoms with E-state index in [9.17, 15) is 28.0 Å². The summed E-state index contributed by atoms with van der Waals surface area (Å²) in [4.78, 5) is 41.2.